The Balaban J connectivity index is 1.82. The van der Waals surface area contributed by atoms with Crippen LogP contribution < -0.4 is 9.47 Å². The first-order chi connectivity index (χ1) is 12.0. The molecule has 1 heterocycles. The molecule has 3 rings (SSSR count). The average molecular weight is 351 g/mol. The third kappa shape index (κ3) is 3.58. The monoisotopic (exact) mass is 351 g/mol. The van der Waals surface area contributed by atoms with Crippen LogP contribution in [0.1, 0.15) is 23.5 Å². The summed E-state index contributed by atoms with van der Waals surface area (Å²) in [6.45, 7) is 1.71. The van der Waals surface area contributed by atoms with Crippen LogP contribution in [-0.2, 0) is 6.54 Å². The molecule has 2 aromatic rings. The van der Waals surface area contributed by atoms with Gasteiger partial charge in [0, 0.05) is 30.6 Å². The molecule has 25 heavy (non-hydrogen) atoms. The number of methoxy groups -OCH3 is 2. The maximum absolute atomic E-state index is 14.6. The standard InChI is InChI=1S/C19H20F3NO2/c1-24-15-9-16(25-2)19(22)17(18(15)21)13-6-7-23(11-13)10-12-4-3-5-14(20)8-12/h3-5,8-9,13H,6-7,10-11H2,1-2H3. The van der Waals surface area contributed by atoms with Crippen molar-refractivity contribution >= 4 is 0 Å². The molecule has 0 spiro atoms. The van der Waals surface area contributed by atoms with Crippen molar-refractivity contribution in [1.29, 1.82) is 0 Å². The summed E-state index contributed by atoms with van der Waals surface area (Å²) in [5.74, 6) is -2.02. The van der Waals surface area contributed by atoms with Crippen LogP contribution >= 0.6 is 0 Å². The predicted octanol–water partition coefficient (Wildman–Crippen LogP) is 4.11. The van der Waals surface area contributed by atoms with Crippen LogP contribution in [0.4, 0.5) is 13.2 Å². The van der Waals surface area contributed by atoms with Gasteiger partial charge >= 0.3 is 0 Å². The van der Waals surface area contributed by atoms with Crippen LogP contribution in [0.5, 0.6) is 11.5 Å². The van der Waals surface area contributed by atoms with Crippen molar-refractivity contribution in [3.05, 3.63) is 58.9 Å². The second kappa shape index (κ2) is 7.35. The molecule has 1 saturated heterocycles. The molecular weight excluding hydrogens is 331 g/mol. The molecule has 1 aliphatic rings. The van der Waals surface area contributed by atoms with E-state index in [2.05, 4.69) is 4.90 Å². The summed E-state index contributed by atoms with van der Waals surface area (Å²) >= 11 is 0. The molecule has 0 radical (unpaired) electrons. The maximum Gasteiger partial charge on any atom is 0.171 e. The minimum Gasteiger partial charge on any atom is -0.494 e. The lowest BCUT2D eigenvalue weighted by molar-refractivity contribution is 0.321. The molecule has 6 heteroatoms. The maximum atomic E-state index is 14.6. The lowest BCUT2D eigenvalue weighted by Gasteiger charge is -2.19. The molecule has 0 saturated carbocycles. The molecule has 0 aromatic heterocycles. The zero-order chi connectivity index (χ0) is 18.0. The number of rotatable bonds is 5. The Hall–Kier alpha value is -2.21. The third-order valence-electron chi connectivity index (χ3n) is 4.58. The van der Waals surface area contributed by atoms with E-state index in [9.17, 15) is 13.2 Å². The minimum atomic E-state index is -0.682. The van der Waals surface area contributed by atoms with Gasteiger partial charge in [-0.25, -0.2) is 13.2 Å². The fourth-order valence-corrected chi connectivity index (χ4v) is 3.37. The van der Waals surface area contributed by atoms with E-state index in [1.807, 2.05) is 6.07 Å². The fourth-order valence-electron chi connectivity index (χ4n) is 3.37. The SMILES string of the molecule is COc1cc(OC)c(F)c(C2CCN(Cc3cccc(F)c3)C2)c1F. The first-order valence-electron chi connectivity index (χ1n) is 8.10. The van der Waals surface area contributed by atoms with Crippen LogP contribution in [0.2, 0.25) is 0 Å². The first kappa shape index (κ1) is 17.6. The molecule has 1 fully saturated rings. The smallest absolute Gasteiger partial charge is 0.171 e. The normalized spacial score (nSPS) is 17.7. The van der Waals surface area contributed by atoms with Crippen molar-refractivity contribution in [3.63, 3.8) is 0 Å². The van der Waals surface area contributed by atoms with Crippen molar-refractivity contribution in [2.45, 2.75) is 18.9 Å². The van der Waals surface area contributed by atoms with E-state index in [0.717, 1.165) is 5.56 Å². The van der Waals surface area contributed by atoms with Crippen LogP contribution in [0.15, 0.2) is 30.3 Å². The van der Waals surface area contributed by atoms with Crippen LogP contribution in [0, 0.1) is 17.5 Å². The summed E-state index contributed by atoms with van der Waals surface area (Å²) in [5, 5.41) is 0. The number of hydrogen-bond acceptors (Lipinski definition) is 3. The van der Waals surface area contributed by atoms with Crippen molar-refractivity contribution in [3.8, 4) is 11.5 Å². The number of hydrogen-bond donors (Lipinski definition) is 0. The molecule has 0 N–H and O–H groups in total. The van der Waals surface area contributed by atoms with Crippen molar-refractivity contribution in [1.82, 2.24) is 4.90 Å². The van der Waals surface area contributed by atoms with Gasteiger partial charge in [-0.2, -0.15) is 0 Å². The molecule has 0 bridgehead atoms. The van der Waals surface area contributed by atoms with Gasteiger partial charge in [0.05, 0.1) is 14.2 Å². The highest BCUT2D eigenvalue weighted by Gasteiger charge is 2.31. The zero-order valence-corrected chi connectivity index (χ0v) is 14.2. The fraction of sp³-hybridized carbons (Fsp3) is 0.368. The van der Waals surface area contributed by atoms with Gasteiger partial charge in [-0.1, -0.05) is 12.1 Å². The van der Waals surface area contributed by atoms with E-state index in [0.29, 0.717) is 26.1 Å². The van der Waals surface area contributed by atoms with E-state index in [1.54, 1.807) is 6.07 Å². The second-order valence-electron chi connectivity index (χ2n) is 6.17. The molecular formula is C19H20F3NO2. The molecule has 1 atom stereocenters. The molecule has 3 nitrogen and oxygen atoms in total. The van der Waals surface area contributed by atoms with Gasteiger partial charge in [-0.15, -0.1) is 0 Å². The van der Waals surface area contributed by atoms with Crippen molar-refractivity contribution in [2.24, 2.45) is 0 Å². The predicted molar refractivity (Wildman–Crippen MR) is 88.5 cm³/mol. The summed E-state index contributed by atoms with van der Waals surface area (Å²) < 4.78 is 52.6. The lowest BCUT2D eigenvalue weighted by Crippen LogP contribution is -2.20. The summed E-state index contributed by atoms with van der Waals surface area (Å²) in [4.78, 5) is 2.06. The molecule has 134 valence electrons. The summed E-state index contributed by atoms with van der Waals surface area (Å²) in [6.07, 6.45) is 0.611. The quantitative estimate of drug-likeness (QED) is 0.809. The Kier molecular flexibility index (Phi) is 5.18. The second-order valence-corrected chi connectivity index (χ2v) is 6.17. The molecule has 0 aliphatic carbocycles. The van der Waals surface area contributed by atoms with Gasteiger partial charge in [-0.3, -0.25) is 4.90 Å². The van der Waals surface area contributed by atoms with Gasteiger partial charge in [0.25, 0.3) is 0 Å². The number of benzene rings is 2. The Morgan fingerprint density at radius 2 is 1.72 bits per heavy atom. The van der Waals surface area contributed by atoms with Crippen LogP contribution in [0.25, 0.3) is 0 Å². The van der Waals surface area contributed by atoms with E-state index in [4.69, 9.17) is 9.47 Å². The van der Waals surface area contributed by atoms with Crippen molar-refractivity contribution in [2.75, 3.05) is 27.3 Å². The summed E-state index contributed by atoms with van der Waals surface area (Å²) in [5.41, 5.74) is 0.836. The Bertz CT molecular complexity index is 738. The van der Waals surface area contributed by atoms with Crippen molar-refractivity contribution < 1.29 is 22.6 Å². The van der Waals surface area contributed by atoms with E-state index >= 15 is 0 Å². The van der Waals surface area contributed by atoms with E-state index in [1.165, 1.54) is 32.4 Å². The average Bonchev–Trinajstić information content (AvgIpc) is 3.03. The minimum absolute atomic E-state index is 0.00191. The van der Waals surface area contributed by atoms with Gasteiger partial charge < -0.3 is 9.47 Å². The molecule has 1 unspecified atom stereocenters. The largest absolute Gasteiger partial charge is 0.494 e. The molecule has 1 aliphatic heterocycles. The van der Waals surface area contributed by atoms with Gasteiger partial charge in [0.2, 0.25) is 0 Å². The van der Waals surface area contributed by atoms with E-state index < -0.39 is 11.6 Å². The highest BCUT2D eigenvalue weighted by molar-refractivity contribution is 5.43. The Morgan fingerprint density at radius 3 is 2.32 bits per heavy atom. The highest BCUT2D eigenvalue weighted by Crippen LogP contribution is 2.39. The topological polar surface area (TPSA) is 21.7 Å². The van der Waals surface area contributed by atoms with Crippen LogP contribution in [0.3, 0.4) is 0 Å². The summed E-state index contributed by atoms with van der Waals surface area (Å²) in [6, 6.07) is 7.58. The zero-order valence-electron chi connectivity index (χ0n) is 14.2. The lowest BCUT2D eigenvalue weighted by atomic mass is 9.96. The molecule has 0 amide bonds. The number of ether oxygens (including phenoxy) is 2. The Morgan fingerprint density at radius 1 is 1.04 bits per heavy atom. The van der Waals surface area contributed by atoms with Gasteiger partial charge in [-0.05, 0) is 30.7 Å². The molecule has 2 aromatic carbocycles. The number of halogens is 3. The number of nitrogens with zero attached hydrogens (tertiary/aromatic N) is 1. The van der Waals surface area contributed by atoms with Gasteiger partial charge in [0.1, 0.15) is 5.82 Å². The summed E-state index contributed by atoms with van der Waals surface area (Å²) in [7, 11) is 2.68. The van der Waals surface area contributed by atoms with Gasteiger partial charge in [0.15, 0.2) is 23.1 Å². The Labute approximate surface area is 145 Å². The highest BCUT2D eigenvalue weighted by atomic mass is 19.1. The van der Waals surface area contributed by atoms with Crippen LogP contribution in [-0.4, -0.2) is 32.2 Å². The van der Waals surface area contributed by atoms with E-state index in [-0.39, 0.29) is 28.8 Å². The number of likely N-dealkylation sites (tertiary alicyclic amines) is 1. The first-order valence-corrected chi connectivity index (χ1v) is 8.10. The third-order valence-corrected chi connectivity index (χ3v) is 4.58.